The first-order chi connectivity index (χ1) is 9.08. The second-order valence-corrected chi connectivity index (χ2v) is 4.67. The Balaban J connectivity index is 2.97. The van der Waals surface area contributed by atoms with Gasteiger partial charge in [0, 0.05) is 11.6 Å². The molecule has 3 nitrogen and oxygen atoms in total. The Morgan fingerprint density at radius 2 is 2.21 bits per heavy atom. The van der Waals surface area contributed by atoms with Crippen LogP contribution in [0.5, 0.6) is 0 Å². The summed E-state index contributed by atoms with van der Waals surface area (Å²) in [4.78, 5) is 12.2. The molecule has 19 heavy (non-hydrogen) atoms. The van der Waals surface area contributed by atoms with Crippen molar-refractivity contribution in [1.82, 2.24) is 5.32 Å². The molecule has 1 unspecified atom stereocenters. The summed E-state index contributed by atoms with van der Waals surface area (Å²) in [6.45, 7) is 5.82. The van der Waals surface area contributed by atoms with Gasteiger partial charge in [-0.2, -0.15) is 0 Å². The molecule has 0 heterocycles. The molecule has 0 aliphatic rings. The van der Waals surface area contributed by atoms with Crippen molar-refractivity contribution in [1.29, 1.82) is 0 Å². The van der Waals surface area contributed by atoms with E-state index in [0.29, 0.717) is 11.1 Å². The minimum atomic E-state index is -0.207. The molecule has 1 rings (SSSR count). The predicted molar refractivity (Wildman–Crippen MR) is 77.0 cm³/mol. The molecule has 0 aromatic heterocycles. The first-order valence-corrected chi connectivity index (χ1v) is 6.59. The highest BCUT2D eigenvalue weighted by Crippen LogP contribution is 2.11. The van der Waals surface area contributed by atoms with Crippen molar-refractivity contribution >= 4 is 5.91 Å². The molecule has 3 heteroatoms. The summed E-state index contributed by atoms with van der Waals surface area (Å²) in [7, 11) is 0. The third kappa shape index (κ3) is 4.76. The number of nitrogens with one attached hydrogen (secondary N) is 1. The van der Waals surface area contributed by atoms with Crippen LogP contribution >= 0.6 is 0 Å². The number of carbonyl (C=O) groups is 1. The molecule has 1 atom stereocenters. The zero-order chi connectivity index (χ0) is 14.3. The van der Waals surface area contributed by atoms with Gasteiger partial charge in [0.05, 0.1) is 5.56 Å². The summed E-state index contributed by atoms with van der Waals surface area (Å²) in [5.41, 5.74) is 2.24. The van der Waals surface area contributed by atoms with Gasteiger partial charge in [-0.25, -0.2) is 0 Å². The van der Waals surface area contributed by atoms with Gasteiger partial charge in [0.15, 0.2) is 0 Å². The van der Waals surface area contributed by atoms with Crippen molar-refractivity contribution in [2.45, 2.75) is 39.7 Å². The number of hydrogen-bond donors (Lipinski definition) is 2. The van der Waals surface area contributed by atoms with Crippen LogP contribution in [0.4, 0.5) is 0 Å². The molecule has 2 N–H and O–H groups in total. The van der Waals surface area contributed by atoms with E-state index in [0.717, 1.165) is 18.4 Å². The minimum absolute atomic E-state index is 0.105. The molecule has 0 spiro atoms. The zero-order valence-electron chi connectivity index (χ0n) is 11.8. The molecular weight excluding hydrogens is 238 g/mol. The number of rotatable bonds is 4. The Kier molecular flexibility index (Phi) is 6.11. The van der Waals surface area contributed by atoms with E-state index in [9.17, 15) is 4.79 Å². The van der Waals surface area contributed by atoms with Gasteiger partial charge in [-0.15, -0.1) is 0 Å². The van der Waals surface area contributed by atoms with Crippen LogP contribution < -0.4 is 5.32 Å². The van der Waals surface area contributed by atoms with Crippen LogP contribution in [0.15, 0.2) is 18.2 Å². The van der Waals surface area contributed by atoms with E-state index in [2.05, 4.69) is 24.1 Å². The monoisotopic (exact) mass is 259 g/mol. The van der Waals surface area contributed by atoms with E-state index >= 15 is 0 Å². The van der Waals surface area contributed by atoms with Gasteiger partial charge in [-0.3, -0.25) is 4.79 Å². The average Bonchev–Trinajstić information content (AvgIpc) is 2.37. The van der Waals surface area contributed by atoms with Gasteiger partial charge < -0.3 is 10.4 Å². The molecular formula is C16H21NO2. The summed E-state index contributed by atoms with van der Waals surface area (Å²) in [5, 5.41) is 11.7. The number of carbonyl (C=O) groups excluding carboxylic acids is 1. The lowest BCUT2D eigenvalue weighted by molar-refractivity contribution is 0.0938. The van der Waals surface area contributed by atoms with Crippen LogP contribution in [0, 0.1) is 18.8 Å². The van der Waals surface area contributed by atoms with Crippen molar-refractivity contribution in [2.75, 3.05) is 6.61 Å². The van der Waals surface area contributed by atoms with Crippen molar-refractivity contribution in [3.8, 4) is 11.8 Å². The van der Waals surface area contributed by atoms with Crippen molar-refractivity contribution in [3.05, 3.63) is 34.9 Å². The smallest absolute Gasteiger partial charge is 0.252 e. The molecule has 0 radical (unpaired) electrons. The van der Waals surface area contributed by atoms with Crippen LogP contribution in [0.1, 0.15) is 48.2 Å². The highest BCUT2D eigenvalue weighted by Gasteiger charge is 2.12. The number of amides is 1. The largest absolute Gasteiger partial charge is 0.384 e. The van der Waals surface area contributed by atoms with Crippen LogP contribution in [-0.2, 0) is 0 Å². The molecule has 0 saturated carbocycles. The van der Waals surface area contributed by atoms with E-state index in [-0.39, 0.29) is 18.6 Å². The third-order valence-electron chi connectivity index (χ3n) is 2.82. The second kappa shape index (κ2) is 7.60. The Morgan fingerprint density at radius 1 is 1.47 bits per heavy atom. The lowest BCUT2D eigenvalue weighted by atomic mass is 10.0. The highest BCUT2D eigenvalue weighted by atomic mass is 16.2. The number of aliphatic hydroxyl groups excluding tert-OH is 1. The SMILES string of the molecule is CCCC(C)NC(=O)c1cc(C)ccc1C#CCO. The maximum atomic E-state index is 12.2. The van der Waals surface area contributed by atoms with Crippen LogP contribution in [-0.4, -0.2) is 23.7 Å². The molecule has 0 bridgehead atoms. The molecule has 1 aromatic carbocycles. The van der Waals surface area contributed by atoms with E-state index in [1.165, 1.54) is 0 Å². The van der Waals surface area contributed by atoms with Crippen LogP contribution in [0.3, 0.4) is 0 Å². The summed E-state index contributed by atoms with van der Waals surface area (Å²) in [5.74, 6) is 5.29. The molecule has 102 valence electrons. The summed E-state index contributed by atoms with van der Waals surface area (Å²) in [6, 6.07) is 5.71. The molecule has 0 aliphatic heterocycles. The topological polar surface area (TPSA) is 49.3 Å². The van der Waals surface area contributed by atoms with Gasteiger partial charge >= 0.3 is 0 Å². The van der Waals surface area contributed by atoms with E-state index in [1.807, 2.05) is 32.0 Å². The number of hydrogen-bond acceptors (Lipinski definition) is 2. The summed E-state index contributed by atoms with van der Waals surface area (Å²) >= 11 is 0. The molecule has 0 fully saturated rings. The summed E-state index contributed by atoms with van der Waals surface area (Å²) in [6.07, 6.45) is 1.99. The molecule has 0 saturated heterocycles. The maximum Gasteiger partial charge on any atom is 0.252 e. The van der Waals surface area contributed by atoms with Crippen LogP contribution in [0.2, 0.25) is 0 Å². The Morgan fingerprint density at radius 3 is 2.84 bits per heavy atom. The minimum Gasteiger partial charge on any atom is -0.384 e. The van der Waals surface area contributed by atoms with Gasteiger partial charge in [-0.1, -0.05) is 36.8 Å². The van der Waals surface area contributed by atoms with Crippen molar-refractivity contribution < 1.29 is 9.90 Å². The summed E-state index contributed by atoms with van der Waals surface area (Å²) < 4.78 is 0. The molecule has 1 amide bonds. The first kappa shape index (κ1) is 15.3. The molecule has 1 aromatic rings. The zero-order valence-corrected chi connectivity index (χ0v) is 11.8. The highest BCUT2D eigenvalue weighted by molar-refractivity contribution is 5.97. The fourth-order valence-electron chi connectivity index (χ4n) is 1.90. The van der Waals surface area contributed by atoms with Crippen LogP contribution in [0.25, 0.3) is 0 Å². The maximum absolute atomic E-state index is 12.2. The van der Waals surface area contributed by atoms with Crippen molar-refractivity contribution in [3.63, 3.8) is 0 Å². The first-order valence-electron chi connectivity index (χ1n) is 6.59. The number of aryl methyl sites for hydroxylation is 1. The van der Waals surface area contributed by atoms with E-state index in [4.69, 9.17) is 5.11 Å². The fraction of sp³-hybridized carbons (Fsp3) is 0.438. The number of benzene rings is 1. The lowest BCUT2D eigenvalue weighted by Crippen LogP contribution is -2.32. The van der Waals surface area contributed by atoms with Gasteiger partial charge in [0.25, 0.3) is 5.91 Å². The Hall–Kier alpha value is -1.79. The van der Waals surface area contributed by atoms with Gasteiger partial charge in [-0.05, 0) is 32.4 Å². The average molecular weight is 259 g/mol. The Bertz CT molecular complexity index is 497. The van der Waals surface area contributed by atoms with E-state index in [1.54, 1.807) is 0 Å². The predicted octanol–water partition coefficient (Wildman–Crippen LogP) is 2.26. The quantitative estimate of drug-likeness (QED) is 0.815. The van der Waals surface area contributed by atoms with E-state index < -0.39 is 0 Å². The van der Waals surface area contributed by atoms with Crippen molar-refractivity contribution in [2.24, 2.45) is 0 Å². The lowest BCUT2D eigenvalue weighted by Gasteiger charge is -2.14. The normalized spacial score (nSPS) is 11.4. The standard InChI is InChI=1S/C16H21NO2/c1-4-6-13(3)17-16(19)15-11-12(2)8-9-14(15)7-5-10-18/h8-9,11,13,18H,4,6,10H2,1-3H3,(H,17,19). The number of aliphatic hydroxyl groups is 1. The molecule has 0 aliphatic carbocycles. The second-order valence-electron chi connectivity index (χ2n) is 4.67. The fourth-order valence-corrected chi connectivity index (χ4v) is 1.90. The van der Waals surface area contributed by atoms with Gasteiger partial charge in [0.1, 0.15) is 6.61 Å². The third-order valence-corrected chi connectivity index (χ3v) is 2.82. The Labute approximate surface area is 115 Å². The van der Waals surface area contributed by atoms with Gasteiger partial charge in [0.2, 0.25) is 0 Å².